The van der Waals surface area contributed by atoms with Crippen molar-refractivity contribution in [3.05, 3.63) is 46.7 Å². The first-order valence-corrected chi connectivity index (χ1v) is 8.53. The Morgan fingerprint density at radius 3 is 2.68 bits per heavy atom. The van der Waals surface area contributed by atoms with E-state index in [9.17, 15) is 4.79 Å². The van der Waals surface area contributed by atoms with Crippen molar-refractivity contribution in [3.63, 3.8) is 0 Å². The number of hydrogen-bond donors (Lipinski definition) is 1. The van der Waals surface area contributed by atoms with E-state index in [1.807, 2.05) is 36.1 Å². The second-order valence-electron chi connectivity index (χ2n) is 7.12. The number of likely N-dealkylation sites (tertiary alicyclic amines) is 1. The summed E-state index contributed by atoms with van der Waals surface area (Å²) in [7, 11) is 0. The Kier molecular flexibility index (Phi) is 5.82. The summed E-state index contributed by atoms with van der Waals surface area (Å²) in [6.45, 7) is 7.45. The van der Waals surface area contributed by atoms with Crippen LogP contribution in [-0.4, -0.2) is 39.7 Å². The van der Waals surface area contributed by atoms with Crippen LogP contribution in [0.1, 0.15) is 36.3 Å². The summed E-state index contributed by atoms with van der Waals surface area (Å²) in [5.74, 6) is 0.00535. The maximum atomic E-state index is 12.9. The Hall–Kier alpha value is -1.56. The van der Waals surface area contributed by atoms with Crippen molar-refractivity contribution < 1.29 is 4.79 Å². The number of rotatable bonds is 2. The van der Waals surface area contributed by atoms with Gasteiger partial charge in [0.25, 0.3) is 5.91 Å². The lowest BCUT2D eigenvalue weighted by atomic mass is 9.79. The molecule has 1 aliphatic heterocycles. The van der Waals surface area contributed by atoms with Crippen molar-refractivity contribution in [2.45, 2.75) is 33.2 Å². The molecule has 1 saturated heterocycles. The van der Waals surface area contributed by atoms with E-state index in [0.29, 0.717) is 23.7 Å². The smallest absolute Gasteiger partial charge is 0.257 e. The number of hydrogen-bond acceptors (Lipinski definition) is 3. The molecule has 3 rings (SSSR count). The highest BCUT2D eigenvalue weighted by molar-refractivity contribution is 6.32. The van der Waals surface area contributed by atoms with E-state index in [2.05, 4.69) is 18.9 Å². The van der Waals surface area contributed by atoms with Crippen LogP contribution in [-0.2, 0) is 0 Å². The van der Waals surface area contributed by atoms with Crippen LogP contribution in [0.2, 0.25) is 5.02 Å². The molecule has 5 nitrogen and oxygen atoms in total. The minimum absolute atomic E-state index is 0. The second kappa shape index (κ2) is 7.36. The van der Waals surface area contributed by atoms with Crippen molar-refractivity contribution in [1.29, 1.82) is 0 Å². The van der Waals surface area contributed by atoms with Crippen LogP contribution >= 0.6 is 24.0 Å². The van der Waals surface area contributed by atoms with Gasteiger partial charge in [0, 0.05) is 19.1 Å². The molecule has 136 valence electrons. The van der Waals surface area contributed by atoms with Crippen molar-refractivity contribution in [2.24, 2.45) is 11.1 Å². The topological polar surface area (TPSA) is 64.2 Å². The summed E-state index contributed by atoms with van der Waals surface area (Å²) in [4.78, 5) is 14.8. The molecule has 1 fully saturated rings. The zero-order valence-corrected chi connectivity index (χ0v) is 16.3. The van der Waals surface area contributed by atoms with E-state index in [1.165, 1.54) is 0 Å². The third-order valence-corrected chi connectivity index (χ3v) is 5.24. The highest BCUT2D eigenvalue weighted by Gasteiger charge is 2.36. The average molecular weight is 383 g/mol. The molecule has 2 N–H and O–H groups in total. The minimum atomic E-state index is -0.0828. The molecule has 1 aliphatic rings. The molecule has 1 unspecified atom stereocenters. The van der Waals surface area contributed by atoms with Gasteiger partial charge in [-0.2, -0.15) is 5.10 Å². The summed E-state index contributed by atoms with van der Waals surface area (Å²) in [5, 5.41) is 4.98. The number of aromatic nitrogens is 2. The zero-order chi connectivity index (χ0) is 17.5. The van der Waals surface area contributed by atoms with Gasteiger partial charge in [-0.15, -0.1) is 12.4 Å². The molecule has 25 heavy (non-hydrogen) atoms. The lowest BCUT2D eigenvalue weighted by molar-refractivity contribution is 0.0532. The monoisotopic (exact) mass is 382 g/mol. The Balaban J connectivity index is 0.00000225. The van der Waals surface area contributed by atoms with Gasteiger partial charge in [0.2, 0.25) is 0 Å². The Morgan fingerprint density at radius 2 is 2.04 bits per heavy atom. The standard InChI is InChI=1S/C18H23ClN4O.ClH/c1-12-13(10-21-23(12)15-7-5-4-6-14(15)19)17(24)22-9-8-16(20)18(2,3)11-22;/h4-7,10,16H,8-9,11,20H2,1-3H3;1H. The molecule has 7 heteroatoms. The summed E-state index contributed by atoms with van der Waals surface area (Å²) in [6.07, 6.45) is 2.44. The van der Waals surface area contributed by atoms with Crippen LogP contribution in [0.3, 0.4) is 0 Å². The average Bonchev–Trinajstić information content (AvgIpc) is 2.91. The maximum Gasteiger partial charge on any atom is 0.257 e. The number of nitrogens with two attached hydrogens (primary N) is 1. The number of para-hydroxylation sites is 1. The van der Waals surface area contributed by atoms with Crippen molar-refractivity contribution in [2.75, 3.05) is 13.1 Å². The zero-order valence-electron chi connectivity index (χ0n) is 14.7. The molecule has 0 aliphatic carbocycles. The molecule has 2 heterocycles. The van der Waals surface area contributed by atoms with Gasteiger partial charge in [-0.05, 0) is 30.9 Å². The Morgan fingerprint density at radius 1 is 1.36 bits per heavy atom. The van der Waals surface area contributed by atoms with Crippen LogP contribution in [0.4, 0.5) is 0 Å². The summed E-state index contributed by atoms with van der Waals surface area (Å²) >= 11 is 6.25. The molecular weight excluding hydrogens is 359 g/mol. The van der Waals surface area contributed by atoms with Gasteiger partial charge in [0.1, 0.15) is 0 Å². The van der Waals surface area contributed by atoms with Crippen LogP contribution in [0.15, 0.2) is 30.5 Å². The van der Waals surface area contributed by atoms with Gasteiger partial charge in [-0.1, -0.05) is 37.6 Å². The second-order valence-corrected chi connectivity index (χ2v) is 7.52. The molecule has 1 amide bonds. The molecule has 1 atom stereocenters. The first-order chi connectivity index (χ1) is 11.3. The van der Waals surface area contributed by atoms with Crippen molar-refractivity contribution >= 4 is 29.9 Å². The molecular formula is C18H24Cl2N4O. The number of piperidine rings is 1. The third-order valence-electron chi connectivity index (χ3n) is 4.92. The molecule has 1 aromatic heterocycles. The Labute approximate surface area is 159 Å². The van der Waals surface area contributed by atoms with Gasteiger partial charge in [0.15, 0.2) is 0 Å². The van der Waals surface area contributed by atoms with Gasteiger partial charge in [-0.25, -0.2) is 4.68 Å². The predicted octanol–water partition coefficient (Wildman–Crippen LogP) is 3.46. The fourth-order valence-electron chi connectivity index (χ4n) is 3.20. The van der Waals surface area contributed by atoms with Gasteiger partial charge in [-0.3, -0.25) is 4.79 Å². The van der Waals surface area contributed by atoms with Crippen LogP contribution < -0.4 is 5.73 Å². The van der Waals surface area contributed by atoms with Crippen LogP contribution in [0.25, 0.3) is 5.69 Å². The van der Waals surface area contributed by atoms with E-state index in [1.54, 1.807) is 10.9 Å². The minimum Gasteiger partial charge on any atom is -0.338 e. The fraction of sp³-hybridized carbons (Fsp3) is 0.444. The Bertz CT molecular complexity index is 772. The highest BCUT2D eigenvalue weighted by atomic mass is 35.5. The predicted molar refractivity (Wildman–Crippen MR) is 103 cm³/mol. The SMILES string of the molecule is Cc1c(C(=O)N2CCC(N)C(C)(C)C2)cnn1-c1ccccc1Cl.Cl. The first-order valence-electron chi connectivity index (χ1n) is 8.15. The third kappa shape index (κ3) is 3.68. The summed E-state index contributed by atoms with van der Waals surface area (Å²) in [5.41, 5.74) is 8.27. The summed E-state index contributed by atoms with van der Waals surface area (Å²) < 4.78 is 1.72. The molecule has 0 spiro atoms. The van der Waals surface area contributed by atoms with Gasteiger partial charge < -0.3 is 10.6 Å². The van der Waals surface area contributed by atoms with Gasteiger partial charge in [0.05, 0.1) is 28.2 Å². The summed E-state index contributed by atoms with van der Waals surface area (Å²) in [6, 6.07) is 7.59. The van der Waals surface area contributed by atoms with E-state index in [4.69, 9.17) is 17.3 Å². The number of nitrogens with zero attached hydrogens (tertiary/aromatic N) is 3. The molecule has 0 saturated carbocycles. The number of carbonyl (C=O) groups is 1. The normalized spacial score (nSPS) is 19.4. The largest absolute Gasteiger partial charge is 0.338 e. The quantitative estimate of drug-likeness (QED) is 0.864. The highest BCUT2D eigenvalue weighted by Crippen LogP contribution is 2.29. The van der Waals surface area contributed by atoms with Crippen LogP contribution in [0.5, 0.6) is 0 Å². The first kappa shape index (κ1) is 19.8. The number of amides is 1. The molecule has 1 aromatic carbocycles. The van der Waals surface area contributed by atoms with Crippen molar-refractivity contribution in [1.82, 2.24) is 14.7 Å². The molecule has 0 radical (unpaired) electrons. The van der Waals surface area contributed by atoms with Crippen LogP contribution in [0, 0.1) is 12.3 Å². The van der Waals surface area contributed by atoms with E-state index in [-0.39, 0.29) is 29.8 Å². The maximum absolute atomic E-state index is 12.9. The van der Waals surface area contributed by atoms with Crippen molar-refractivity contribution in [3.8, 4) is 5.69 Å². The number of carbonyl (C=O) groups excluding carboxylic acids is 1. The fourth-order valence-corrected chi connectivity index (χ4v) is 3.42. The lowest BCUT2D eigenvalue weighted by Gasteiger charge is -2.42. The number of benzene rings is 1. The van der Waals surface area contributed by atoms with E-state index >= 15 is 0 Å². The van der Waals surface area contributed by atoms with E-state index in [0.717, 1.165) is 17.8 Å². The van der Waals surface area contributed by atoms with Gasteiger partial charge >= 0.3 is 0 Å². The lowest BCUT2D eigenvalue weighted by Crippen LogP contribution is -2.54. The molecule has 2 aromatic rings. The number of halogens is 2. The van der Waals surface area contributed by atoms with E-state index < -0.39 is 0 Å². The molecule has 0 bridgehead atoms.